The minimum Gasteiger partial charge on any atom is -0.394 e. The molecule has 0 aromatic carbocycles. The van der Waals surface area contributed by atoms with Gasteiger partial charge < -0.3 is 65.0 Å². The van der Waals surface area contributed by atoms with Gasteiger partial charge in [-0.05, 0) is 13.8 Å². The Balaban J connectivity index is 1.77. The van der Waals surface area contributed by atoms with Crippen molar-refractivity contribution in [3.05, 3.63) is 0 Å². The van der Waals surface area contributed by atoms with E-state index in [9.17, 15) is 40.2 Å². The van der Waals surface area contributed by atoms with Crippen LogP contribution in [0.5, 0.6) is 0 Å². The standard InChI is InChI=1S/C22H38N2O13/c1-7-14(24-10(4)27)19(11(28)6-33-7)36-22-18(32)20(15(29)12(5-25)35-22)37-21-17(31)16(30)13(8(2)34-21)23-9(3)26/h7-8,11-22,25,28-32H,5-6H2,1-4H3,(H,23,26)(H,24,27)/t7-,8-,11-,12-,13-,14-,15-,16+,17+,18+,19-,20+,21-,22+/m1/s1. The smallest absolute Gasteiger partial charge is 0.217 e. The second-order valence-electron chi connectivity index (χ2n) is 9.66. The Labute approximate surface area is 213 Å². The van der Waals surface area contributed by atoms with Gasteiger partial charge >= 0.3 is 0 Å². The SMILES string of the molecule is CC(=O)N[C@H]1[C@H](O)[C@H](O)[C@@H](O[C@@H]2[C@H](O)[C@H](O[C@H]3[C@H](NC(C)=O)[C@@H](C)OC[C@H]3O)O[C@H](CO)[C@H]2O)O[C@@H]1C. The summed E-state index contributed by atoms with van der Waals surface area (Å²) in [5, 5.41) is 68.1. The first-order valence-corrected chi connectivity index (χ1v) is 12.1. The Kier molecular flexibility index (Phi) is 10.2. The molecule has 214 valence electrons. The number of hydrogen-bond acceptors (Lipinski definition) is 13. The van der Waals surface area contributed by atoms with Gasteiger partial charge in [-0.2, -0.15) is 0 Å². The van der Waals surface area contributed by atoms with E-state index >= 15 is 0 Å². The van der Waals surface area contributed by atoms with Crippen molar-refractivity contribution in [1.82, 2.24) is 10.6 Å². The van der Waals surface area contributed by atoms with Crippen molar-refractivity contribution in [2.24, 2.45) is 0 Å². The van der Waals surface area contributed by atoms with Gasteiger partial charge in [-0.3, -0.25) is 9.59 Å². The highest BCUT2D eigenvalue weighted by molar-refractivity contribution is 5.73. The normalized spacial score (nSPS) is 46.8. The van der Waals surface area contributed by atoms with E-state index in [4.69, 9.17) is 23.7 Å². The second kappa shape index (κ2) is 12.6. The maximum atomic E-state index is 11.7. The number of aliphatic hydroxyl groups excluding tert-OH is 6. The lowest BCUT2D eigenvalue weighted by Gasteiger charge is -2.48. The molecule has 0 spiro atoms. The third kappa shape index (κ3) is 6.75. The Bertz CT molecular complexity index is 790. The Morgan fingerprint density at radius 1 is 0.784 bits per heavy atom. The molecule has 8 N–H and O–H groups in total. The highest BCUT2D eigenvalue weighted by Gasteiger charge is 2.52. The maximum absolute atomic E-state index is 11.7. The number of amides is 2. The number of nitrogens with one attached hydrogen (secondary N) is 2. The van der Waals surface area contributed by atoms with Crippen molar-refractivity contribution in [1.29, 1.82) is 0 Å². The van der Waals surface area contributed by atoms with Gasteiger partial charge in [0.1, 0.15) is 48.8 Å². The molecule has 15 heteroatoms. The van der Waals surface area contributed by atoms with Gasteiger partial charge in [0.15, 0.2) is 12.6 Å². The monoisotopic (exact) mass is 538 g/mol. The van der Waals surface area contributed by atoms with Crippen LogP contribution in [0.4, 0.5) is 0 Å². The molecule has 2 amide bonds. The van der Waals surface area contributed by atoms with Crippen molar-refractivity contribution < 1.29 is 63.9 Å². The third-order valence-corrected chi connectivity index (χ3v) is 6.76. The lowest BCUT2D eigenvalue weighted by atomic mass is 9.95. The molecule has 0 aromatic heterocycles. The molecule has 14 atom stereocenters. The maximum Gasteiger partial charge on any atom is 0.217 e. The van der Waals surface area contributed by atoms with Crippen LogP contribution in [-0.2, 0) is 33.3 Å². The fourth-order valence-electron chi connectivity index (χ4n) is 4.78. The van der Waals surface area contributed by atoms with E-state index in [2.05, 4.69) is 10.6 Å². The van der Waals surface area contributed by atoms with Crippen LogP contribution in [0.1, 0.15) is 27.7 Å². The average molecular weight is 539 g/mol. The van der Waals surface area contributed by atoms with Gasteiger partial charge in [0.25, 0.3) is 0 Å². The van der Waals surface area contributed by atoms with Crippen LogP contribution in [0, 0.1) is 0 Å². The van der Waals surface area contributed by atoms with Crippen LogP contribution in [0.15, 0.2) is 0 Å². The van der Waals surface area contributed by atoms with Crippen LogP contribution in [0.2, 0.25) is 0 Å². The minimum atomic E-state index is -1.72. The predicted molar refractivity (Wildman–Crippen MR) is 120 cm³/mol. The molecule has 0 radical (unpaired) electrons. The molecule has 3 fully saturated rings. The summed E-state index contributed by atoms with van der Waals surface area (Å²) in [5.74, 6) is -0.860. The molecule has 0 aromatic rings. The van der Waals surface area contributed by atoms with Crippen LogP contribution >= 0.6 is 0 Å². The quantitative estimate of drug-likeness (QED) is 0.153. The van der Waals surface area contributed by atoms with Crippen molar-refractivity contribution in [2.45, 2.75) is 113 Å². The van der Waals surface area contributed by atoms with Crippen LogP contribution in [0.25, 0.3) is 0 Å². The molecule has 3 aliphatic rings. The van der Waals surface area contributed by atoms with Crippen molar-refractivity contribution in [2.75, 3.05) is 13.2 Å². The molecule has 3 saturated heterocycles. The topological polar surface area (TPSA) is 226 Å². The van der Waals surface area contributed by atoms with Gasteiger partial charge in [0, 0.05) is 13.8 Å². The zero-order valence-corrected chi connectivity index (χ0v) is 21.0. The number of hydrogen-bond donors (Lipinski definition) is 8. The largest absolute Gasteiger partial charge is 0.394 e. The summed E-state index contributed by atoms with van der Waals surface area (Å²) >= 11 is 0. The van der Waals surface area contributed by atoms with Gasteiger partial charge in [0.2, 0.25) is 11.8 Å². The lowest BCUT2D eigenvalue weighted by molar-refractivity contribution is -0.361. The van der Waals surface area contributed by atoms with Crippen LogP contribution in [0.3, 0.4) is 0 Å². The van der Waals surface area contributed by atoms with E-state index < -0.39 is 104 Å². The molecule has 0 unspecified atom stereocenters. The summed E-state index contributed by atoms with van der Waals surface area (Å²) in [6.45, 7) is 4.89. The fraction of sp³-hybridized carbons (Fsp3) is 0.909. The van der Waals surface area contributed by atoms with Gasteiger partial charge in [-0.15, -0.1) is 0 Å². The van der Waals surface area contributed by atoms with E-state index in [1.807, 2.05) is 0 Å². The first-order valence-electron chi connectivity index (χ1n) is 12.1. The second-order valence-corrected chi connectivity index (χ2v) is 9.66. The molecule has 0 saturated carbocycles. The summed E-state index contributed by atoms with van der Waals surface area (Å²) < 4.78 is 28.1. The minimum absolute atomic E-state index is 0.121. The molecule has 3 aliphatic heterocycles. The highest BCUT2D eigenvalue weighted by atomic mass is 16.7. The van der Waals surface area contributed by atoms with E-state index in [1.165, 1.54) is 20.8 Å². The zero-order valence-electron chi connectivity index (χ0n) is 21.0. The first kappa shape index (κ1) is 30.0. The predicted octanol–water partition coefficient (Wildman–Crippen LogP) is -4.55. The van der Waals surface area contributed by atoms with Crippen molar-refractivity contribution >= 4 is 11.8 Å². The number of rotatable bonds is 7. The molecule has 0 aliphatic carbocycles. The lowest BCUT2D eigenvalue weighted by Crippen LogP contribution is -2.67. The van der Waals surface area contributed by atoms with Crippen molar-refractivity contribution in [3.63, 3.8) is 0 Å². The Hall–Kier alpha value is -1.50. The first-order chi connectivity index (χ1) is 17.3. The van der Waals surface area contributed by atoms with Crippen LogP contribution < -0.4 is 10.6 Å². The van der Waals surface area contributed by atoms with E-state index in [0.717, 1.165) is 0 Å². The average Bonchev–Trinajstić information content (AvgIpc) is 2.83. The number of carbonyl (C=O) groups is 2. The summed E-state index contributed by atoms with van der Waals surface area (Å²) in [6.07, 6.45) is -16.1. The number of carbonyl (C=O) groups excluding carboxylic acids is 2. The van der Waals surface area contributed by atoms with Gasteiger partial charge in [-0.1, -0.05) is 0 Å². The van der Waals surface area contributed by atoms with Crippen molar-refractivity contribution in [3.8, 4) is 0 Å². The van der Waals surface area contributed by atoms with E-state index in [-0.39, 0.29) is 6.61 Å². The molecular formula is C22H38N2O13. The number of aliphatic hydroxyl groups is 6. The highest BCUT2D eigenvalue weighted by Crippen LogP contribution is 2.31. The molecule has 37 heavy (non-hydrogen) atoms. The molecular weight excluding hydrogens is 500 g/mol. The summed E-state index contributed by atoms with van der Waals surface area (Å²) in [7, 11) is 0. The Morgan fingerprint density at radius 2 is 1.35 bits per heavy atom. The summed E-state index contributed by atoms with van der Waals surface area (Å²) in [4.78, 5) is 23.1. The molecule has 3 rings (SSSR count). The van der Waals surface area contributed by atoms with Gasteiger partial charge in [0.05, 0.1) is 37.5 Å². The van der Waals surface area contributed by atoms with E-state index in [0.29, 0.717) is 0 Å². The fourth-order valence-corrected chi connectivity index (χ4v) is 4.78. The van der Waals surface area contributed by atoms with Crippen LogP contribution in [-0.4, -0.2) is 141 Å². The molecule has 0 bridgehead atoms. The van der Waals surface area contributed by atoms with Gasteiger partial charge in [-0.25, -0.2) is 0 Å². The number of ether oxygens (including phenoxy) is 5. The zero-order chi connectivity index (χ0) is 27.6. The molecule has 15 nitrogen and oxygen atoms in total. The third-order valence-electron chi connectivity index (χ3n) is 6.76. The Morgan fingerprint density at radius 3 is 1.95 bits per heavy atom. The summed E-state index contributed by atoms with van der Waals surface area (Å²) in [6, 6.07) is -1.76. The van der Waals surface area contributed by atoms with E-state index in [1.54, 1.807) is 6.92 Å². The summed E-state index contributed by atoms with van der Waals surface area (Å²) in [5.41, 5.74) is 0. The molecule has 3 heterocycles.